The first-order chi connectivity index (χ1) is 15.3. The number of rotatable bonds is 4. The minimum atomic E-state index is -4.32. The number of amides is 1. The Kier molecular flexibility index (Phi) is 6.58. The minimum absolute atomic E-state index is 0.0131. The monoisotopic (exact) mass is 447 g/mol. The summed E-state index contributed by atoms with van der Waals surface area (Å²) >= 11 is 0. The van der Waals surface area contributed by atoms with Gasteiger partial charge in [0, 0.05) is 51.8 Å². The fourth-order valence-corrected chi connectivity index (χ4v) is 4.77. The molecule has 0 N–H and O–H groups in total. The molecule has 0 atom stereocenters. The van der Waals surface area contributed by atoms with Crippen LogP contribution in [0.15, 0.2) is 48.5 Å². The number of alkyl halides is 3. The molecule has 4 nitrogen and oxygen atoms in total. The molecule has 0 spiro atoms. The van der Waals surface area contributed by atoms with E-state index in [9.17, 15) is 18.0 Å². The third-order valence-corrected chi connectivity index (χ3v) is 6.84. The van der Waals surface area contributed by atoms with E-state index in [4.69, 9.17) is 9.47 Å². The minimum Gasteiger partial charge on any atom is -0.381 e. The Morgan fingerprint density at radius 2 is 1.59 bits per heavy atom. The number of benzene rings is 2. The van der Waals surface area contributed by atoms with Gasteiger partial charge in [-0.25, -0.2) is 0 Å². The molecule has 2 fully saturated rings. The van der Waals surface area contributed by atoms with Gasteiger partial charge in [0.05, 0.1) is 11.2 Å². The van der Waals surface area contributed by atoms with E-state index in [-0.39, 0.29) is 17.4 Å². The quantitative estimate of drug-likeness (QED) is 0.632. The van der Waals surface area contributed by atoms with Crippen molar-refractivity contribution in [3.63, 3.8) is 0 Å². The van der Waals surface area contributed by atoms with Gasteiger partial charge in [-0.05, 0) is 54.2 Å². The Balaban J connectivity index is 1.37. The number of ether oxygens (including phenoxy) is 2. The average molecular weight is 447 g/mol. The number of hydrogen-bond donors (Lipinski definition) is 0. The van der Waals surface area contributed by atoms with Crippen molar-refractivity contribution >= 4 is 5.91 Å². The number of halogens is 3. The van der Waals surface area contributed by atoms with Crippen molar-refractivity contribution in [1.82, 2.24) is 4.90 Å². The Hall–Kier alpha value is -2.38. The summed E-state index contributed by atoms with van der Waals surface area (Å²) in [5.41, 5.74) is 1.60. The third kappa shape index (κ3) is 4.69. The van der Waals surface area contributed by atoms with Gasteiger partial charge in [0.25, 0.3) is 5.91 Å². The molecule has 0 bridgehead atoms. The van der Waals surface area contributed by atoms with Crippen LogP contribution in [0.1, 0.15) is 58.6 Å². The molecule has 1 amide bonds. The Labute approximate surface area is 186 Å². The fourth-order valence-electron chi connectivity index (χ4n) is 4.77. The van der Waals surface area contributed by atoms with E-state index < -0.39 is 11.7 Å². The predicted molar refractivity (Wildman–Crippen MR) is 115 cm³/mol. The zero-order chi connectivity index (χ0) is 22.8. The Bertz CT molecular complexity index is 911. The number of likely N-dealkylation sites (tertiary alicyclic amines) is 1. The van der Waals surface area contributed by atoms with Gasteiger partial charge < -0.3 is 14.4 Å². The van der Waals surface area contributed by atoms with Gasteiger partial charge in [-0.15, -0.1) is 0 Å². The zero-order valence-corrected chi connectivity index (χ0v) is 18.2. The highest BCUT2D eigenvalue weighted by atomic mass is 19.4. The molecule has 2 saturated heterocycles. The van der Waals surface area contributed by atoms with Crippen LogP contribution in [-0.2, 0) is 21.3 Å². The van der Waals surface area contributed by atoms with Crippen LogP contribution in [0.3, 0.4) is 0 Å². The van der Waals surface area contributed by atoms with Crippen molar-refractivity contribution < 1.29 is 27.4 Å². The highest BCUT2D eigenvalue weighted by Crippen LogP contribution is 2.36. The maximum Gasteiger partial charge on any atom is 0.416 e. The number of nitrogens with zero attached hydrogens (tertiary/aromatic N) is 1. The SMILES string of the molecule is COC1(c2ccc(C(=O)N3CCC(c4ccc(C(F)(F)F)cc4)CC3)cc2)CCOCC1. The van der Waals surface area contributed by atoms with E-state index >= 15 is 0 Å². The smallest absolute Gasteiger partial charge is 0.381 e. The van der Waals surface area contributed by atoms with E-state index in [1.807, 2.05) is 29.2 Å². The molecule has 2 heterocycles. The lowest BCUT2D eigenvalue weighted by molar-refractivity contribution is -0.137. The van der Waals surface area contributed by atoms with Crippen LogP contribution >= 0.6 is 0 Å². The first-order valence-electron chi connectivity index (χ1n) is 11.0. The molecular weight excluding hydrogens is 419 g/mol. The van der Waals surface area contributed by atoms with Crippen LogP contribution in [0, 0.1) is 0 Å². The van der Waals surface area contributed by atoms with Crippen molar-refractivity contribution in [2.45, 2.75) is 43.4 Å². The number of hydrogen-bond acceptors (Lipinski definition) is 3. The molecule has 0 saturated carbocycles. The van der Waals surface area contributed by atoms with Gasteiger partial charge in [-0.2, -0.15) is 13.2 Å². The van der Waals surface area contributed by atoms with Crippen LogP contribution in [0.4, 0.5) is 13.2 Å². The van der Waals surface area contributed by atoms with Gasteiger partial charge in [-0.1, -0.05) is 24.3 Å². The lowest BCUT2D eigenvalue weighted by Gasteiger charge is -2.36. The van der Waals surface area contributed by atoms with Crippen molar-refractivity contribution in [3.05, 3.63) is 70.8 Å². The van der Waals surface area contributed by atoms with Crippen molar-refractivity contribution in [2.24, 2.45) is 0 Å². The first-order valence-corrected chi connectivity index (χ1v) is 11.0. The van der Waals surface area contributed by atoms with Crippen molar-refractivity contribution in [3.8, 4) is 0 Å². The second-order valence-electron chi connectivity index (χ2n) is 8.57. The van der Waals surface area contributed by atoms with Crippen LogP contribution in [0.5, 0.6) is 0 Å². The van der Waals surface area contributed by atoms with Crippen molar-refractivity contribution in [1.29, 1.82) is 0 Å². The zero-order valence-electron chi connectivity index (χ0n) is 18.2. The summed E-state index contributed by atoms with van der Waals surface area (Å²) in [5, 5.41) is 0. The third-order valence-electron chi connectivity index (χ3n) is 6.84. The number of methoxy groups -OCH3 is 1. The molecule has 0 radical (unpaired) electrons. The molecule has 172 valence electrons. The molecule has 2 aromatic rings. The Morgan fingerprint density at radius 1 is 1.00 bits per heavy atom. The van der Waals surface area contributed by atoms with Gasteiger partial charge in [0.2, 0.25) is 0 Å². The fraction of sp³-hybridized carbons (Fsp3) is 0.480. The molecule has 2 aliphatic heterocycles. The highest BCUT2D eigenvalue weighted by molar-refractivity contribution is 5.94. The summed E-state index contributed by atoms with van der Waals surface area (Å²) in [6.45, 7) is 2.49. The molecule has 0 aliphatic carbocycles. The molecule has 32 heavy (non-hydrogen) atoms. The Morgan fingerprint density at radius 3 is 2.12 bits per heavy atom. The summed E-state index contributed by atoms with van der Waals surface area (Å²) in [6.07, 6.45) is -1.27. The summed E-state index contributed by atoms with van der Waals surface area (Å²) in [7, 11) is 1.71. The maximum atomic E-state index is 13.0. The lowest BCUT2D eigenvalue weighted by atomic mass is 9.85. The van der Waals surface area contributed by atoms with E-state index in [0.29, 0.717) is 31.9 Å². The summed E-state index contributed by atoms with van der Waals surface area (Å²) in [6, 6.07) is 13.1. The lowest BCUT2D eigenvalue weighted by Crippen LogP contribution is -2.38. The van der Waals surface area contributed by atoms with Gasteiger partial charge in [0.1, 0.15) is 0 Å². The van der Waals surface area contributed by atoms with Gasteiger partial charge in [-0.3, -0.25) is 4.79 Å². The van der Waals surface area contributed by atoms with Gasteiger partial charge >= 0.3 is 6.18 Å². The maximum absolute atomic E-state index is 13.0. The second kappa shape index (κ2) is 9.24. The molecule has 2 aromatic carbocycles. The molecule has 7 heteroatoms. The van der Waals surface area contributed by atoms with Crippen molar-refractivity contribution in [2.75, 3.05) is 33.4 Å². The average Bonchev–Trinajstić information content (AvgIpc) is 2.84. The topological polar surface area (TPSA) is 38.8 Å². The molecule has 0 unspecified atom stereocenters. The van der Waals surface area contributed by atoms with E-state index in [1.54, 1.807) is 19.2 Å². The van der Waals surface area contributed by atoms with Gasteiger partial charge in [0.15, 0.2) is 0 Å². The number of carbonyl (C=O) groups is 1. The second-order valence-corrected chi connectivity index (χ2v) is 8.57. The number of carbonyl (C=O) groups excluding carboxylic acids is 1. The largest absolute Gasteiger partial charge is 0.416 e. The van der Waals surface area contributed by atoms with Crippen LogP contribution in [0.2, 0.25) is 0 Å². The first kappa shape index (κ1) is 22.8. The molecule has 2 aliphatic rings. The highest BCUT2D eigenvalue weighted by Gasteiger charge is 2.35. The summed E-state index contributed by atoms with van der Waals surface area (Å²) < 4.78 is 49.6. The van der Waals surface area contributed by atoms with Crippen LogP contribution < -0.4 is 0 Å². The summed E-state index contributed by atoms with van der Waals surface area (Å²) in [5.74, 6) is 0.152. The van der Waals surface area contributed by atoms with E-state index in [1.165, 1.54) is 0 Å². The van der Waals surface area contributed by atoms with E-state index in [2.05, 4.69) is 0 Å². The normalized spacial score (nSPS) is 19.7. The molecular formula is C25H28F3NO3. The summed E-state index contributed by atoms with van der Waals surface area (Å²) in [4.78, 5) is 14.8. The standard InChI is InChI=1S/C25H28F3NO3/c1-31-24(12-16-32-17-13-24)21-6-4-20(5-7-21)23(30)29-14-10-19(11-15-29)18-2-8-22(9-3-18)25(26,27)28/h2-9,19H,10-17H2,1H3. The molecule has 4 rings (SSSR count). The predicted octanol–water partition coefficient (Wildman–Crippen LogP) is 5.38. The van der Waals surface area contributed by atoms with E-state index in [0.717, 1.165) is 48.9 Å². The van der Waals surface area contributed by atoms with Crippen LogP contribution in [0.25, 0.3) is 0 Å². The molecule has 0 aromatic heterocycles. The van der Waals surface area contributed by atoms with Crippen LogP contribution in [-0.4, -0.2) is 44.2 Å². The number of piperidine rings is 1.